The number of hydrogen-bond donors (Lipinski definition) is 0. The van der Waals surface area contributed by atoms with E-state index in [4.69, 9.17) is 10.7 Å². The molecule has 1 aliphatic rings. The smallest absolute Gasteiger partial charge is 0.212 e. The molecule has 1 aromatic rings. The van der Waals surface area contributed by atoms with E-state index in [0.29, 0.717) is 19.3 Å². The average molecular weight is 261 g/mol. The second-order valence-electron chi connectivity index (χ2n) is 4.39. The second-order valence-corrected chi connectivity index (χ2v) is 7.35. The predicted octanol–water partition coefficient (Wildman–Crippen LogP) is 1.74. The Kier molecular flexibility index (Phi) is 2.70. The Hall–Kier alpha value is -0.680. The molecule has 1 heterocycles. The minimum atomic E-state index is -3.50. The predicted molar refractivity (Wildman–Crippen MR) is 61.9 cm³/mol. The molecule has 1 aliphatic carbocycles. The highest BCUT2D eigenvalue weighted by Crippen LogP contribution is 2.48. The second kappa shape index (κ2) is 3.67. The lowest BCUT2D eigenvalue weighted by atomic mass is 10.1. The highest BCUT2D eigenvalue weighted by molar-refractivity contribution is 8.15. The minimum Gasteiger partial charge on any atom is -0.212 e. The fourth-order valence-electron chi connectivity index (χ4n) is 1.78. The van der Waals surface area contributed by atoms with E-state index < -0.39 is 13.8 Å². The molecule has 2 rings (SSSR count). The van der Waals surface area contributed by atoms with Crippen LogP contribution in [0.2, 0.25) is 0 Å². The Morgan fingerprint density at radius 1 is 1.38 bits per heavy atom. The number of rotatable bonds is 3. The van der Waals surface area contributed by atoms with E-state index in [9.17, 15) is 8.42 Å². The third-order valence-corrected chi connectivity index (χ3v) is 5.61. The van der Waals surface area contributed by atoms with Crippen molar-refractivity contribution >= 4 is 19.7 Å². The van der Waals surface area contributed by atoms with Gasteiger partial charge >= 0.3 is 0 Å². The lowest BCUT2D eigenvalue weighted by Crippen LogP contribution is -2.21. The van der Waals surface area contributed by atoms with Crippen molar-refractivity contribution in [3.8, 4) is 0 Å². The van der Waals surface area contributed by atoms with Gasteiger partial charge in [-0.2, -0.15) is 10.2 Å². The molecule has 1 saturated carbocycles. The van der Waals surface area contributed by atoms with Crippen molar-refractivity contribution in [3.63, 3.8) is 0 Å². The Bertz CT molecular complexity index is 524. The molecule has 0 bridgehead atoms. The topological polar surface area (TPSA) is 59.9 Å². The number of halogens is 1. The van der Waals surface area contributed by atoms with Crippen molar-refractivity contribution < 1.29 is 8.42 Å². The molecule has 0 aliphatic heterocycles. The van der Waals surface area contributed by atoms with Crippen LogP contribution in [-0.2, 0) is 15.5 Å². The van der Waals surface area contributed by atoms with E-state index in [2.05, 4.69) is 10.2 Å². The molecule has 6 heteroatoms. The summed E-state index contributed by atoms with van der Waals surface area (Å²) in [6, 6.07) is 1.88. The normalized spacial score (nSPS) is 18.4. The van der Waals surface area contributed by atoms with E-state index in [1.165, 1.54) is 0 Å². The lowest BCUT2D eigenvalue weighted by molar-refractivity contribution is 0.589. The average Bonchev–Trinajstić information content (AvgIpc) is 2.91. The summed E-state index contributed by atoms with van der Waals surface area (Å²) in [5.74, 6) is 0. The van der Waals surface area contributed by atoms with Gasteiger partial charge in [-0.25, -0.2) is 8.42 Å². The van der Waals surface area contributed by atoms with Crippen LogP contribution in [0.5, 0.6) is 0 Å². The van der Waals surface area contributed by atoms with Crippen LogP contribution >= 0.6 is 10.7 Å². The van der Waals surface area contributed by atoms with Crippen LogP contribution in [0.4, 0.5) is 0 Å². The molecule has 0 atom stereocenters. The first-order valence-corrected chi connectivity index (χ1v) is 7.39. The quantitative estimate of drug-likeness (QED) is 0.777. The van der Waals surface area contributed by atoms with Crippen LogP contribution in [-0.4, -0.2) is 23.4 Å². The van der Waals surface area contributed by atoms with Gasteiger partial charge in [0.05, 0.1) is 16.1 Å². The Balaban J connectivity index is 2.32. The molecule has 0 amide bonds. The van der Waals surface area contributed by atoms with E-state index in [1.807, 2.05) is 19.9 Å². The maximum atomic E-state index is 11.4. The summed E-state index contributed by atoms with van der Waals surface area (Å²) in [7, 11) is 1.97. The fraction of sp³-hybridized carbons (Fsp3) is 0.600. The minimum absolute atomic E-state index is 0.445. The first-order chi connectivity index (χ1) is 7.34. The fourth-order valence-corrected chi connectivity index (χ4v) is 3.32. The van der Waals surface area contributed by atoms with E-state index in [-0.39, 0.29) is 0 Å². The molecule has 0 radical (unpaired) electrons. The van der Waals surface area contributed by atoms with Crippen molar-refractivity contribution in [2.75, 3.05) is 0 Å². The summed E-state index contributed by atoms with van der Waals surface area (Å²) in [6.45, 7) is 3.67. The molecular formula is C10H13ClN2O2S. The zero-order valence-corrected chi connectivity index (χ0v) is 10.8. The van der Waals surface area contributed by atoms with Crippen LogP contribution in [0.25, 0.3) is 0 Å². The van der Waals surface area contributed by atoms with Crippen LogP contribution in [0.15, 0.2) is 6.07 Å². The van der Waals surface area contributed by atoms with Gasteiger partial charge in [0.1, 0.15) is 0 Å². The molecule has 0 aromatic carbocycles. The molecule has 4 nitrogen and oxygen atoms in total. The number of aryl methyl sites for hydroxylation is 2. The molecule has 0 N–H and O–H groups in total. The van der Waals surface area contributed by atoms with Crippen molar-refractivity contribution in [2.24, 2.45) is 0 Å². The zero-order chi connectivity index (χ0) is 12.0. The summed E-state index contributed by atoms with van der Waals surface area (Å²) < 4.78 is 22.1. The number of hydrogen-bond acceptors (Lipinski definition) is 4. The maximum Gasteiger partial charge on any atom is 0.238 e. The van der Waals surface area contributed by atoms with Crippen molar-refractivity contribution in [3.05, 3.63) is 23.0 Å². The first-order valence-electron chi connectivity index (χ1n) is 5.08. The summed E-state index contributed by atoms with van der Waals surface area (Å²) >= 11 is 0. The van der Waals surface area contributed by atoms with Crippen molar-refractivity contribution in [1.29, 1.82) is 0 Å². The van der Waals surface area contributed by atoms with Gasteiger partial charge in [-0.3, -0.25) is 0 Å². The summed E-state index contributed by atoms with van der Waals surface area (Å²) in [6.07, 6.45) is 1.72. The van der Waals surface area contributed by atoms with E-state index in [0.717, 1.165) is 17.0 Å². The molecule has 0 saturated heterocycles. The van der Waals surface area contributed by atoms with Gasteiger partial charge in [-0.15, -0.1) is 0 Å². The SMILES string of the molecule is Cc1cc(CC2(S(=O)(=O)Cl)CC2)c(C)nn1. The monoisotopic (exact) mass is 260 g/mol. The van der Waals surface area contributed by atoms with Gasteiger partial charge in [0.25, 0.3) is 0 Å². The Morgan fingerprint density at radius 3 is 2.50 bits per heavy atom. The van der Waals surface area contributed by atoms with Gasteiger partial charge in [0, 0.05) is 10.7 Å². The molecule has 88 valence electrons. The van der Waals surface area contributed by atoms with E-state index >= 15 is 0 Å². The van der Waals surface area contributed by atoms with Crippen LogP contribution < -0.4 is 0 Å². The zero-order valence-electron chi connectivity index (χ0n) is 9.20. The van der Waals surface area contributed by atoms with Gasteiger partial charge < -0.3 is 0 Å². The van der Waals surface area contributed by atoms with Gasteiger partial charge in [-0.05, 0) is 44.7 Å². The molecule has 16 heavy (non-hydrogen) atoms. The molecule has 0 unspecified atom stereocenters. The van der Waals surface area contributed by atoms with Gasteiger partial charge in [0.2, 0.25) is 9.05 Å². The number of nitrogens with zero attached hydrogens (tertiary/aromatic N) is 2. The summed E-state index contributed by atoms with van der Waals surface area (Å²) in [5.41, 5.74) is 2.50. The van der Waals surface area contributed by atoms with Gasteiger partial charge in [0.15, 0.2) is 0 Å². The Labute approximate surface area is 99.5 Å². The number of aromatic nitrogens is 2. The largest absolute Gasteiger partial charge is 0.238 e. The van der Waals surface area contributed by atoms with Crippen molar-refractivity contribution in [2.45, 2.75) is 37.9 Å². The lowest BCUT2D eigenvalue weighted by Gasteiger charge is -2.12. The molecule has 1 aromatic heterocycles. The highest BCUT2D eigenvalue weighted by atomic mass is 35.7. The van der Waals surface area contributed by atoms with E-state index in [1.54, 1.807) is 0 Å². The van der Waals surface area contributed by atoms with Crippen LogP contribution in [0.3, 0.4) is 0 Å². The molecule has 0 spiro atoms. The third-order valence-electron chi connectivity index (χ3n) is 3.04. The molecule has 1 fully saturated rings. The Morgan fingerprint density at radius 2 is 2.00 bits per heavy atom. The maximum absolute atomic E-state index is 11.4. The van der Waals surface area contributed by atoms with Gasteiger partial charge in [-0.1, -0.05) is 0 Å². The van der Waals surface area contributed by atoms with Crippen LogP contribution in [0.1, 0.15) is 29.8 Å². The molecular weight excluding hydrogens is 248 g/mol. The standard InChI is InChI=1S/C10H13ClN2O2S/c1-7-5-9(8(2)13-12-7)6-10(3-4-10)16(11,14)15/h5H,3-4,6H2,1-2H3. The van der Waals surface area contributed by atoms with Crippen molar-refractivity contribution in [1.82, 2.24) is 10.2 Å². The first kappa shape index (κ1) is 11.8. The third kappa shape index (κ3) is 2.06. The summed E-state index contributed by atoms with van der Waals surface area (Å²) in [4.78, 5) is 0. The van der Waals surface area contributed by atoms with Crippen LogP contribution in [0, 0.1) is 13.8 Å². The summed E-state index contributed by atoms with van der Waals surface area (Å²) in [5, 5.41) is 7.90. The highest BCUT2D eigenvalue weighted by Gasteiger charge is 2.53.